The van der Waals surface area contributed by atoms with Gasteiger partial charge in [-0.05, 0) is 0 Å². The average molecular weight is 471 g/mol. The van der Waals surface area contributed by atoms with Gasteiger partial charge in [0.05, 0.1) is 12.8 Å². The molecule has 0 amide bonds. The first-order chi connectivity index (χ1) is 5.78. The van der Waals surface area contributed by atoms with E-state index in [-0.39, 0.29) is 103 Å². The van der Waals surface area contributed by atoms with Gasteiger partial charge >= 0.3 is 41.0 Å². The molecule has 0 saturated heterocycles. The number of carboxylic acids is 3. The normalized spacial score (nSPS) is 5.04. The summed E-state index contributed by atoms with van der Waals surface area (Å²) in [6.07, 6.45) is -2.29. The molecule has 0 atom stereocenters. The van der Waals surface area contributed by atoms with Crippen LogP contribution in [0.25, 0.3) is 0 Å². The van der Waals surface area contributed by atoms with Crippen molar-refractivity contribution in [2.45, 2.75) is 18.4 Å². The van der Waals surface area contributed by atoms with Crippen molar-refractivity contribution in [2.75, 3.05) is 0 Å². The molecule has 0 fully saturated rings. The Kier molecular flexibility index (Phi) is 353. The first-order valence-electron chi connectivity index (χ1n) is 3.17. The topological polar surface area (TPSA) is 573 Å². The van der Waals surface area contributed by atoms with E-state index in [1.165, 1.54) is 0 Å². The molecule has 22 heteroatoms. The summed E-state index contributed by atoms with van der Waals surface area (Å²) in [6, 6.07) is 0. The largest absolute Gasteiger partial charge is 2.00 e. The summed E-state index contributed by atoms with van der Waals surface area (Å²) < 4.78 is 0. The SMILES string of the molecule is O.O.O.O.O.O.O.O.O.O.O.O.O.O.O=C(O)CC(O)(CC(=O)O)C(=O)O.[H-].[H-].[Mg+2]. The summed E-state index contributed by atoms with van der Waals surface area (Å²) in [5.41, 5.74) is -2.74. The van der Waals surface area contributed by atoms with Gasteiger partial charge in [-0.2, -0.15) is 0 Å². The van der Waals surface area contributed by atoms with Gasteiger partial charge in [-0.25, -0.2) is 4.79 Å². The zero-order chi connectivity index (χ0) is 10.6. The van der Waals surface area contributed by atoms with E-state index in [1.54, 1.807) is 0 Å². The fourth-order valence-corrected chi connectivity index (χ4v) is 0.714. The van der Waals surface area contributed by atoms with Crippen molar-refractivity contribution in [3.63, 3.8) is 0 Å². The second-order valence-corrected chi connectivity index (χ2v) is 2.48. The third-order valence-corrected chi connectivity index (χ3v) is 1.29. The maximum atomic E-state index is 10.3. The summed E-state index contributed by atoms with van der Waals surface area (Å²) in [6.45, 7) is 0. The Hall–Kier alpha value is -1.42. The standard InChI is InChI=1S/C6H8O7.Mg.14H2O.2H/c7-3(8)1-6(13,5(11)12)2-4(9)10;;;;;;;;;;;;;;;;;/h13H,1-2H2,(H,7,8)(H,9,10)(H,11,12);;14*1H2;;/q;+2;;;;;;;;;;;;;;;2*-1. The Labute approximate surface area is 174 Å². The molecule has 0 radical (unpaired) electrons. The number of carboxylic acid groups (broad SMARTS) is 3. The quantitative estimate of drug-likeness (QED) is 0.280. The Morgan fingerprint density at radius 3 is 0.750 bits per heavy atom. The molecule has 190 valence electrons. The molecule has 0 aliphatic carbocycles. The first kappa shape index (κ1) is 155. The summed E-state index contributed by atoms with van der Waals surface area (Å²) >= 11 is 0. The van der Waals surface area contributed by atoms with E-state index in [4.69, 9.17) is 20.4 Å². The zero-order valence-electron chi connectivity index (χ0n) is 16.1. The van der Waals surface area contributed by atoms with Crippen molar-refractivity contribution in [3.05, 3.63) is 0 Å². The van der Waals surface area contributed by atoms with Gasteiger partial charge in [-0.3, -0.25) is 9.59 Å². The van der Waals surface area contributed by atoms with Crippen LogP contribution in [0.1, 0.15) is 15.7 Å². The number of carbonyl (C=O) groups is 3. The van der Waals surface area contributed by atoms with Crippen LogP contribution in [0.2, 0.25) is 0 Å². The van der Waals surface area contributed by atoms with Crippen LogP contribution >= 0.6 is 0 Å². The molecular weight excluding hydrogens is 432 g/mol. The number of hydrogen-bond donors (Lipinski definition) is 4. The molecule has 0 aromatic heterocycles. The van der Waals surface area contributed by atoms with Crippen LogP contribution in [0.3, 0.4) is 0 Å². The molecule has 0 spiro atoms. The maximum absolute atomic E-state index is 10.3. The van der Waals surface area contributed by atoms with Crippen LogP contribution in [-0.2, 0) is 14.4 Å². The van der Waals surface area contributed by atoms with Crippen LogP contribution in [0, 0.1) is 0 Å². The van der Waals surface area contributed by atoms with Crippen molar-refractivity contribution < 1.29 is 114 Å². The zero-order valence-corrected chi connectivity index (χ0v) is 15.5. The molecule has 0 aliphatic rings. The van der Waals surface area contributed by atoms with Gasteiger partial charge < -0.3 is 99.9 Å². The molecule has 0 aliphatic heterocycles. The second-order valence-electron chi connectivity index (χ2n) is 2.48. The van der Waals surface area contributed by atoms with Crippen LogP contribution in [0.5, 0.6) is 0 Å². The molecule has 0 saturated carbocycles. The predicted molar refractivity (Wildman–Crippen MR) is 95.7 cm³/mol. The molecule has 0 unspecified atom stereocenters. The summed E-state index contributed by atoms with van der Waals surface area (Å²) in [7, 11) is 0. The van der Waals surface area contributed by atoms with Crippen molar-refractivity contribution in [1.82, 2.24) is 0 Å². The monoisotopic (exact) mass is 470 g/mol. The summed E-state index contributed by atoms with van der Waals surface area (Å²) in [5, 5.41) is 33.8. The number of aliphatic hydroxyl groups is 1. The molecule has 0 rings (SSSR count). The Morgan fingerprint density at radius 1 is 0.536 bits per heavy atom. The van der Waals surface area contributed by atoms with Gasteiger partial charge in [0.2, 0.25) is 0 Å². The van der Waals surface area contributed by atoms with Gasteiger partial charge in [0, 0.05) is 0 Å². The molecular formula is C6H38MgO21. The Balaban J connectivity index is -0.00000000529. The van der Waals surface area contributed by atoms with Crippen molar-refractivity contribution in [3.8, 4) is 0 Å². The van der Waals surface area contributed by atoms with E-state index in [0.717, 1.165) is 0 Å². The van der Waals surface area contributed by atoms with Gasteiger partial charge in [0.1, 0.15) is 0 Å². The van der Waals surface area contributed by atoms with Crippen LogP contribution < -0.4 is 0 Å². The number of hydrogen-bond acceptors (Lipinski definition) is 4. The minimum atomic E-state index is -2.74. The van der Waals surface area contributed by atoms with E-state index < -0.39 is 36.4 Å². The molecule has 0 aromatic carbocycles. The minimum Gasteiger partial charge on any atom is -1.00 e. The number of rotatable bonds is 5. The molecule has 0 heterocycles. The van der Waals surface area contributed by atoms with Gasteiger partial charge in [-0.15, -0.1) is 0 Å². The smallest absolute Gasteiger partial charge is 1.00 e. The van der Waals surface area contributed by atoms with E-state index in [2.05, 4.69) is 0 Å². The fraction of sp³-hybridized carbons (Fsp3) is 0.500. The fourth-order valence-electron chi connectivity index (χ4n) is 0.714. The van der Waals surface area contributed by atoms with Crippen LogP contribution in [0.4, 0.5) is 0 Å². The summed E-state index contributed by atoms with van der Waals surface area (Å²) in [4.78, 5) is 30.5. The maximum Gasteiger partial charge on any atom is 2.00 e. The van der Waals surface area contributed by atoms with Gasteiger partial charge in [0.25, 0.3) is 0 Å². The molecule has 21 nitrogen and oxygen atoms in total. The van der Waals surface area contributed by atoms with Gasteiger partial charge in [0.15, 0.2) is 5.60 Å². The Morgan fingerprint density at radius 2 is 0.679 bits per heavy atom. The van der Waals surface area contributed by atoms with Crippen molar-refractivity contribution in [2.24, 2.45) is 0 Å². The second kappa shape index (κ2) is 63.7. The third kappa shape index (κ3) is 64.3. The minimum absolute atomic E-state index is 0. The predicted octanol–water partition coefficient (Wildman–Crippen LogP) is -13.0. The molecule has 28 heavy (non-hydrogen) atoms. The molecule has 32 N–H and O–H groups in total. The first-order valence-corrected chi connectivity index (χ1v) is 3.17. The summed E-state index contributed by atoms with van der Waals surface area (Å²) in [5.74, 6) is -5.02. The van der Waals surface area contributed by atoms with E-state index in [9.17, 15) is 14.4 Å². The molecule has 0 bridgehead atoms. The molecule has 0 aromatic rings. The van der Waals surface area contributed by atoms with Crippen molar-refractivity contribution in [1.29, 1.82) is 0 Å². The van der Waals surface area contributed by atoms with E-state index >= 15 is 0 Å². The van der Waals surface area contributed by atoms with E-state index in [1.807, 2.05) is 0 Å². The van der Waals surface area contributed by atoms with Crippen molar-refractivity contribution >= 4 is 41.0 Å². The van der Waals surface area contributed by atoms with Crippen LogP contribution in [0.15, 0.2) is 0 Å². The van der Waals surface area contributed by atoms with E-state index in [0.29, 0.717) is 0 Å². The Bertz CT molecular complexity index is 252. The third-order valence-electron chi connectivity index (χ3n) is 1.29. The van der Waals surface area contributed by atoms with Crippen LogP contribution in [-0.4, -0.2) is 144 Å². The van der Waals surface area contributed by atoms with Gasteiger partial charge in [-0.1, -0.05) is 0 Å². The average Bonchev–Trinajstić information content (AvgIpc) is 1.82. The number of aliphatic carboxylic acids is 3.